The number of ether oxygens (including phenoxy) is 2. The first kappa shape index (κ1) is 18.3. The summed E-state index contributed by atoms with van der Waals surface area (Å²) >= 11 is 0. The summed E-state index contributed by atoms with van der Waals surface area (Å²) in [5, 5.41) is 12.1. The number of hydrogen-bond donors (Lipinski definition) is 2. The first-order valence-electron chi connectivity index (χ1n) is 7.78. The number of carbonyl (C=O) groups is 2. The Balaban J connectivity index is 2.09. The van der Waals surface area contributed by atoms with Crippen LogP contribution in [-0.2, 0) is 11.2 Å². The van der Waals surface area contributed by atoms with Gasteiger partial charge in [0.1, 0.15) is 0 Å². The molecule has 0 aliphatic rings. The normalized spacial score (nSPS) is 11.5. The van der Waals surface area contributed by atoms with Crippen molar-refractivity contribution >= 4 is 11.9 Å². The topological polar surface area (TPSA) is 84.9 Å². The number of carboxylic acid groups (broad SMARTS) is 1. The van der Waals surface area contributed by atoms with E-state index in [0.717, 1.165) is 5.56 Å². The van der Waals surface area contributed by atoms with E-state index in [1.165, 1.54) is 6.07 Å². The van der Waals surface area contributed by atoms with Crippen molar-refractivity contribution in [2.75, 3.05) is 14.2 Å². The lowest BCUT2D eigenvalue weighted by Crippen LogP contribution is -2.28. The molecular formula is C19H21NO5. The van der Waals surface area contributed by atoms with Crippen molar-refractivity contribution in [3.05, 3.63) is 59.2 Å². The van der Waals surface area contributed by atoms with Gasteiger partial charge < -0.3 is 19.9 Å². The van der Waals surface area contributed by atoms with Gasteiger partial charge in [0, 0.05) is 0 Å². The first-order chi connectivity index (χ1) is 12.0. The maximum absolute atomic E-state index is 12.3. The van der Waals surface area contributed by atoms with Crippen LogP contribution in [0.5, 0.6) is 11.5 Å². The maximum atomic E-state index is 12.3. The van der Waals surface area contributed by atoms with Gasteiger partial charge in [-0.1, -0.05) is 24.3 Å². The van der Waals surface area contributed by atoms with Crippen LogP contribution < -0.4 is 14.8 Å². The summed E-state index contributed by atoms with van der Waals surface area (Å²) in [6, 6.07) is 11.6. The van der Waals surface area contributed by atoms with Crippen molar-refractivity contribution < 1.29 is 24.2 Å². The molecule has 0 saturated carbocycles. The quantitative estimate of drug-likeness (QED) is 0.807. The fourth-order valence-corrected chi connectivity index (χ4v) is 2.55. The third-order valence-electron chi connectivity index (χ3n) is 3.88. The number of rotatable bonds is 7. The Morgan fingerprint density at radius 3 is 2.40 bits per heavy atom. The molecule has 25 heavy (non-hydrogen) atoms. The molecule has 1 amide bonds. The number of aromatic carboxylic acids is 1. The van der Waals surface area contributed by atoms with Crippen molar-refractivity contribution in [3.8, 4) is 11.5 Å². The molecule has 0 saturated heterocycles. The highest BCUT2D eigenvalue weighted by molar-refractivity contribution is 5.91. The summed E-state index contributed by atoms with van der Waals surface area (Å²) in [6.07, 6.45) is 0.000102. The largest absolute Gasteiger partial charge is 0.493 e. The summed E-state index contributed by atoms with van der Waals surface area (Å²) < 4.78 is 10.5. The van der Waals surface area contributed by atoms with Crippen molar-refractivity contribution in [1.29, 1.82) is 0 Å². The molecule has 0 radical (unpaired) electrons. The predicted octanol–water partition coefficient (Wildman–Crippen LogP) is 2.82. The van der Waals surface area contributed by atoms with E-state index in [2.05, 4.69) is 5.32 Å². The third kappa shape index (κ3) is 4.50. The zero-order chi connectivity index (χ0) is 18.4. The molecule has 6 nitrogen and oxygen atoms in total. The van der Waals surface area contributed by atoms with Crippen LogP contribution in [0.25, 0.3) is 0 Å². The number of hydrogen-bond acceptors (Lipinski definition) is 4. The summed E-state index contributed by atoms with van der Waals surface area (Å²) in [5.74, 6) is -0.107. The second-order valence-electron chi connectivity index (χ2n) is 5.54. The number of carboxylic acids is 1. The van der Waals surface area contributed by atoms with Crippen molar-refractivity contribution in [2.45, 2.75) is 19.4 Å². The fraction of sp³-hybridized carbons (Fsp3) is 0.263. The average Bonchev–Trinajstić information content (AvgIpc) is 2.61. The fourth-order valence-electron chi connectivity index (χ4n) is 2.55. The molecule has 0 aliphatic carbocycles. The lowest BCUT2D eigenvalue weighted by molar-refractivity contribution is -0.121. The van der Waals surface area contributed by atoms with Crippen LogP contribution in [-0.4, -0.2) is 31.2 Å². The number of benzene rings is 2. The van der Waals surface area contributed by atoms with Crippen LogP contribution in [0.3, 0.4) is 0 Å². The van der Waals surface area contributed by atoms with E-state index in [1.54, 1.807) is 44.6 Å². The van der Waals surface area contributed by atoms with Gasteiger partial charge >= 0.3 is 5.97 Å². The van der Waals surface area contributed by atoms with Crippen LogP contribution >= 0.6 is 0 Å². The van der Waals surface area contributed by atoms with E-state index in [-0.39, 0.29) is 23.9 Å². The molecule has 2 aromatic rings. The summed E-state index contributed by atoms with van der Waals surface area (Å²) in [6.45, 7) is 1.85. The van der Waals surface area contributed by atoms with Crippen LogP contribution in [0.2, 0.25) is 0 Å². The molecule has 0 fully saturated rings. The molecule has 1 atom stereocenters. The van der Waals surface area contributed by atoms with Gasteiger partial charge in [0.15, 0.2) is 11.5 Å². The minimum atomic E-state index is -1.05. The Bertz CT molecular complexity index is 772. The lowest BCUT2D eigenvalue weighted by Gasteiger charge is -2.17. The van der Waals surface area contributed by atoms with E-state index < -0.39 is 5.97 Å². The molecule has 2 rings (SSSR count). The van der Waals surface area contributed by atoms with E-state index >= 15 is 0 Å². The second-order valence-corrected chi connectivity index (χ2v) is 5.54. The molecule has 1 unspecified atom stereocenters. The van der Waals surface area contributed by atoms with Crippen LogP contribution in [0.1, 0.15) is 34.5 Å². The van der Waals surface area contributed by atoms with Crippen LogP contribution in [0.4, 0.5) is 0 Å². The van der Waals surface area contributed by atoms with Gasteiger partial charge in [0.25, 0.3) is 0 Å². The molecule has 0 spiro atoms. The van der Waals surface area contributed by atoms with Gasteiger partial charge in [-0.2, -0.15) is 0 Å². The van der Waals surface area contributed by atoms with Gasteiger partial charge in [-0.3, -0.25) is 4.79 Å². The molecular weight excluding hydrogens is 322 g/mol. The standard InChI is InChI=1S/C19H21NO5/c1-12(13-8-9-16(24-2)17(10-13)25-3)20-18(21)11-14-6-4-5-7-15(14)19(22)23/h4-10,12H,11H2,1-3H3,(H,20,21)(H,22,23). The van der Waals surface area contributed by atoms with Gasteiger partial charge in [-0.15, -0.1) is 0 Å². The van der Waals surface area contributed by atoms with Crippen LogP contribution in [0, 0.1) is 0 Å². The number of carbonyl (C=O) groups excluding carboxylic acids is 1. The molecule has 2 N–H and O–H groups in total. The summed E-state index contributed by atoms with van der Waals surface area (Å²) in [4.78, 5) is 23.5. The van der Waals surface area contributed by atoms with E-state index in [9.17, 15) is 14.7 Å². The molecule has 0 heterocycles. The minimum Gasteiger partial charge on any atom is -0.493 e. The van der Waals surface area contributed by atoms with E-state index in [0.29, 0.717) is 17.1 Å². The van der Waals surface area contributed by atoms with Crippen molar-refractivity contribution in [1.82, 2.24) is 5.32 Å². The van der Waals surface area contributed by atoms with E-state index in [4.69, 9.17) is 9.47 Å². The van der Waals surface area contributed by atoms with Crippen LogP contribution in [0.15, 0.2) is 42.5 Å². The molecule has 0 aromatic heterocycles. The molecule has 6 heteroatoms. The van der Waals surface area contributed by atoms with Gasteiger partial charge in [-0.05, 0) is 36.2 Å². The zero-order valence-electron chi connectivity index (χ0n) is 14.4. The second kappa shape index (κ2) is 8.19. The Morgan fingerprint density at radius 2 is 1.76 bits per heavy atom. The Hall–Kier alpha value is -3.02. The smallest absolute Gasteiger partial charge is 0.335 e. The summed E-state index contributed by atoms with van der Waals surface area (Å²) in [5.41, 5.74) is 1.47. The average molecular weight is 343 g/mol. The Morgan fingerprint density at radius 1 is 1.08 bits per heavy atom. The SMILES string of the molecule is COc1ccc(C(C)NC(=O)Cc2ccccc2C(=O)O)cc1OC. The van der Waals surface area contributed by atoms with Crippen molar-refractivity contribution in [2.24, 2.45) is 0 Å². The highest BCUT2D eigenvalue weighted by atomic mass is 16.5. The van der Waals surface area contributed by atoms with Gasteiger partial charge in [-0.25, -0.2) is 4.79 Å². The highest BCUT2D eigenvalue weighted by Gasteiger charge is 2.16. The third-order valence-corrected chi connectivity index (χ3v) is 3.88. The zero-order valence-corrected chi connectivity index (χ0v) is 14.4. The Labute approximate surface area is 146 Å². The number of methoxy groups -OCH3 is 2. The summed E-state index contributed by atoms with van der Waals surface area (Å²) in [7, 11) is 3.11. The van der Waals surface area contributed by atoms with Gasteiger partial charge in [0.2, 0.25) is 5.91 Å². The number of amides is 1. The molecule has 0 bridgehead atoms. The minimum absolute atomic E-state index is 0.000102. The molecule has 0 aliphatic heterocycles. The van der Waals surface area contributed by atoms with Crippen molar-refractivity contribution in [3.63, 3.8) is 0 Å². The predicted molar refractivity (Wildman–Crippen MR) is 93.2 cm³/mol. The van der Waals surface area contributed by atoms with E-state index in [1.807, 2.05) is 13.0 Å². The highest BCUT2D eigenvalue weighted by Crippen LogP contribution is 2.29. The molecule has 132 valence electrons. The van der Waals surface area contributed by atoms with Gasteiger partial charge in [0.05, 0.1) is 32.2 Å². The maximum Gasteiger partial charge on any atom is 0.335 e. The Kier molecular flexibility index (Phi) is 6.00. The monoisotopic (exact) mass is 343 g/mol. The lowest BCUT2D eigenvalue weighted by atomic mass is 10.0. The first-order valence-corrected chi connectivity index (χ1v) is 7.78. The number of nitrogens with one attached hydrogen (secondary N) is 1. The molecule has 2 aromatic carbocycles.